The van der Waals surface area contributed by atoms with Crippen molar-refractivity contribution in [2.45, 2.75) is 26.2 Å². The van der Waals surface area contributed by atoms with Gasteiger partial charge in [-0.3, -0.25) is 0 Å². The van der Waals surface area contributed by atoms with E-state index < -0.39 is 6.98 Å². The summed E-state index contributed by atoms with van der Waals surface area (Å²) in [6, 6.07) is 44.7. The van der Waals surface area contributed by atoms with E-state index in [1.807, 2.05) is 85.1 Å². The minimum atomic E-state index is -2.41. The molecule has 0 N–H and O–H groups in total. The number of hydrogen-bond acceptors (Lipinski definition) is 2. The van der Waals surface area contributed by atoms with Gasteiger partial charge in [-0.1, -0.05) is 105 Å². The average molecular weight is 795 g/mol. The maximum atomic E-state index is 8.13. The van der Waals surface area contributed by atoms with Crippen molar-refractivity contribution in [2.24, 2.45) is 6.98 Å². The van der Waals surface area contributed by atoms with Crippen molar-refractivity contribution in [1.82, 2.24) is 14.1 Å². The van der Waals surface area contributed by atoms with Crippen LogP contribution in [0.4, 0.5) is 0 Å². The van der Waals surface area contributed by atoms with E-state index in [0.29, 0.717) is 28.2 Å². The summed E-state index contributed by atoms with van der Waals surface area (Å²) in [5.74, 6) is 1.77. The van der Waals surface area contributed by atoms with Crippen LogP contribution in [0.2, 0.25) is 0 Å². The smallest absolute Gasteiger partial charge is 0.242 e. The number of nitrogens with zero attached hydrogens (tertiary/aromatic N) is 4. The Morgan fingerprint density at radius 3 is 2.32 bits per heavy atom. The summed E-state index contributed by atoms with van der Waals surface area (Å²) in [5.41, 5.74) is 6.70. The molecule has 8 rings (SSSR count). The van der Waals surface area contributed by atoms with Gasteiger partial charge in [0.15, 0.2) is 0 Å². The van der Waals surface area contributed by atoms with E-state index in [1.165, 1.54) is 10.1 Å². The first-order chi connectivity index (χ1) is 23.5. The van der Waals surface area contributed by atoms with Crippen LogP contribution in [-0.2, 0) is 33.5 Å². The van der Waals surface area contributed by atoms with Crippen molar-refractivity contribution < 1.29 is 34.5 Å². The zero-order chi connectivity index (χ0) is 33.9. The Kier molecular flexibility index (Phi) is 6.92. The van der Waals surface area contributed by atoms with Gasteiger partial charge in [0.2, 0.25) is 6.33 Å². The van der Waals surface area contributed by atoms with E-state index in [9.17, 15) is 0 Å². The largest absolute Gasteiger partial charge is 0.510 e. The number of imidazole rings is 1. The summed E-state index contributed by atoms with van der Waals surface area (Å²) in [5, 5.41) is 2.14. The van der Waals surface area contributed by atoms with Crippen molar-refractivity contribution >= 4 is 32.8 Å². The zero-order valence-corrected chi connectivity index (χ0v) is 28.3. The molecule has 3 heterocycles. The third-order valence-corrected chi connectivity index (χ3v) is 8.36. The van der Waals surface area contributed by atoms with Gasteiger partial charge in [0, 0.05) is 44.3 Å². The van der Waals surface area contributed by atoms with Crippen LogP contribution >= 0.6 is 0 Å². The van der Waals surface area contributed by atoms with Crippen LogP contribution in [0.1, 0.15) is 30.4 Å². The molecule has 234 valence electrons. The third-order valence-electron chi connectivity index (χ3n) is 8.36. The molecule has 0 aliphatic rings. The maximum Gasteiger partial charge on any atom is 0.242 e. The van der Waals surface area contributed by atoms with Crippen molar-refractivity contribution in [2.75, 3.05) is 0 Å². The second-order valence-corrected chi connectivity index (χ2v) is 12.4. The van der Waals surface area contributed by atoms with Gasteiger partial charge in [0.05, 0.1) is 22.1 Å². The molecule has 0 aliphatic heterocycles. The molecule has 5 aromatic carbocycles. The van der Waals surface area contributed by atoms with Crippen LogP contribution in [-0.4, -0.2) is 14.1 Å². The van der Waals surface area contributed by atoms with Crippen LogP contribution in [0.5, 0.6) is 11.5 Å². The Balaban J connectivity index is 0.00000392. The normalized spacial score (nSPS) is 12.9. The molecule has 0 bridgehead atoms. The van der Waals surface area contributed by atoms with E-state index in [1.54, 1.807) is 10.6 Å². The topological polar surface area (TPSA) is 35.9 Å². The molecule has 0 saturated heterocycles. The van der Waals surface area contributed by atoms with Gasteiger partial charge in [-0.15, -0.1) is 35.2 Å². The standard InChI is InChI=1S/C41H32N4O.Pt/c1-41(2,3)30-20-21-42-40(24-30)45-36-15-9-8-14-34(36)35-19-18-32(26-39(35)45)46-33-23-29(28-12-6-5-7-13-28)22-31(25-33)44-27-43(4)37-16-10-11-17-38(37)44;/h5-24H,1-4H3;/q-2;/i4D3;. The minimum absolute atomic E-state index is 0. The number of benzene rings is 5. The van der Waals surface area contributed by atoms with Gasteiger partial charge in [-0.25, -0.2) is 4.98 Å². The summed E-state index contributed by atoms with van der Waals surface area (Å²) >= 11 is 0. The quantitative estimate of drug-likeness (QED) is 0.129. The summed E-state index contributed by atoms with van der Waals surface area (Å²) in [7, 11) is 0. The van der Waals surface area contributed by atoms with Crippen LogP contribution < -0.4 is 9.30 Å². The van der Waals surface area contributed by atoms with Gasteiger partial charge in [0.25, 0.3) is 0 Å². The Labute approximate surface area is 293 Å². The Morgan fingerprint density at radius 1 is 0.745 bits per heavy atom. The maximum absolute atomic E-state index is 8.13. The SMILES string of the molecule is [2H]C([2H])([2H])n1[c-][n+](-c2[c-]c(Oc3[c-]c4c(cc3)c3ccccc3n4-c3cc(C(C)(C)C)ccn3)cc(-c3ccccc3)c2)c2ccccc21.[Pt]. The molecule has 0 radical (unpaired) electrons. The number of fused-ring (bicyclic) bond motifs is 4. The molecule has 0 saturated carbocycles. The van der Waals surface area contributed by atoms with E-state index in [2.05, 4.69) is 74.1 Å². The van der Waals surface area contributed by atoms with Crippen molar-refractivity contribution in [3.05, 3.63) is 145 Å². The molecule has 0 spiro atoms. The molecule has 8 aromatic rings. The van der Waals surface area contributed by atoms with Gasteiger partial charge in [0.1, 0.15) is 5.82 Å². The van der Waals surface area contributed by atoms with Crippen molar-refractivity contribution in [1.29, 1.82) is 0 Å². The van der Waals surface area contributed by atoms with Crippen LogP contribution in [0.3, 0.4) is 0 Å². The second-order valence-electron chi connectivity index (χ2n) is 12.4. The summed E-state index contributed by atoms with van der Waals surface area (Å²) in [6.07, 6.45) is 4.92. The predicted octanol–water partition coefficient (Wildman–Crippen LogP) is 9.10. The number of hydrogen-bond donors (Lipinski definition) is 0. The molecule has 3 aromatic heterocycles. The molecular formula is C41H32N4OPt-2. The van der Waals surface area contributed by atoms with Gasteiger partial charge >= 0.3 is 0 Å². The molecule has 0 fully saturated rings. The van der Waals surface area contributed by atoms with Crippen molar-refractivity contribution in [3.63, 3.8) is 0 Å². The molecule has 0 atom stereocenters. The van der Waals surface area contributed by atoms with E-state index >= 15 is 0 Å². The monoisotopic (exact) mass is 794 g/mol. The van der Waals surface area contributed by atoms with Crippen LogP contribution in [0.25, 0.3) is 55.5 Å². The Morgan fingerprint density at radius 2 is 1.51 bits per heavy atom. The fraction of sp³-hybridized carbons (Fsp3) is 0.122. The number of pyridine rings is 1. The molecular weight excluding hydrogens is 760 g/mol. The number of aryl methyl sites for hydroxylation is 1. The Hall–Kier alpha value is -4.99. The van der Waals surface area contributed by atoms with Crippen molar-refractivity contribution in [3.8, 4) is 34.1 Å². The first kappa shape index (κ1) is 27.2. The third kappa shape index (κ3) is 5.55. The van der Waals surface area contributed by atoms with Gasteiger partial charge in [-0.2, -0.15) is 12.1 Å². The minimum Gasteiger partial charge on any atom is -0.510 e. The van der Waals surface area contributed by atoms with E-state index in [-0.39, 0.29) is 26.5 Å². The number of rotatable bonds is 5. The van der Waals surface area contributed by atoms with Gasteiger partial charge < -0.3 is 18.4 Å². The van der Waals surface area contributed by atoms with Gasteiger partial charge in [-0.05, 0) is 40.1 Å². The van der Waals surface area contributed by atoms with E-state index in [4.69, 9.17) is 13.8 Å². The number of ether oxygens (including phenoxy) is 1. The summed E-state index contributed by atoms with van der Waals surface area (Å²) < 4.78 is 36.0. The average Bonchev–Trinajstić information content (AvgIpc) is 3.65. The Bertz CT molecular complexity index is 2510. The fourth-order valence-corrected chi connectivity index (χ4v) is 6.03. The fourth-order valence-electron chi connectivity index (χ4n) is 6.03. The molecule has 0 aliphatic carbocycles. The molecule has 47 heavy (non-hydrogen) atoms. The van der Waals surface area contributed by atoms with E-state index in [0.717, 1.165) is 38.8 Å². The molecule has 0 amide bonds. The molecule has 5 nitrogen and oxygen atoms in total. The predicted molar refractivity (Wildman–Crippen MR) is 184 cm³/mol. The number of aromatic nitrogens is 4. The summed E-state index contributed by atoms with van der Waals surface area (Å²) in [4.78, 5) is 4.79. The second kappa shape index (κ2) is 12.0. The summed E-state index contributed by atoms with van der Waals surface area (Å²) in [6.45, 7) is 4.18. The first-order valence-corrected chi connectivity index (χ1v) is 15.2. The first-order valence-electron chi connectivity index (χ1n) is 16.7. The number of para-hydroxylation sites is 3. The molecule has 0 unspecified atom stereocenters. The molecule has 6 heteroatoms. The zero-order valence-electron chi connectivity index (χ0n) is 29.1. The van der Waals surface area contributed by atoms with Crippen LogP contribution in [0.15, 0.2) is 121 Å². The van der Waals surface area contributed by atoms with Crippen LogP contribution in [0, 0.1) is 18.5 Å².